The molecule has 2 N–H and O–H groups in total. The van der Waals surface area contributed by atoms with Gasteiger partial charge in [-0.1, -0.05) is 12.1 Å². The molecule has 0 radical (unpaired) electrons. The highest BCUT2D eigenvalue weighted by Crippen LogP contribution is 2.09. The maximum absolute atomic E-state index is 10.9. The van der Waals surface area contributed by atoms with Gasteiger partial charge in [0.1, 0.15) is 5.82 Å². The lowest BCUT2D eigenvalue weighted by atomic mass is 10.2. The number of aromatic nitrogens is 2. The third-order valence-electron chi connectivity index (χ3n) is 3.05. The number of aryl methyl sites for hydroxylation is 1. The fraction of sp³-hybridized carbons (Fsp3) is 0.333. The molecule has 2 rings (SSSR count). The van der Waals surface area contributed by atoms with Crippen LogP contribution < -0.4 is 10.6 Å². The minimum absolute atomic E-state index is 0.0501. The summed E-state index contributed by atoms with van der Waals surface area (Å²) in [5, 5.41) is 6.14. The van der Waals surface area contributed by atoms with Crippen molar-refractivity contribution in [1.29, 1.82) is 0 Å². The summed E-state index contributed by atoms with van der Waals surface area (Å²) in [4.78, 5) is 15.2. The van der Waals surface area contributed by atoms with Crippen molar-refractivity contribution in [1.82, 2.24) is 14.9 Å². The minimum Gasteiger partial charge on any atom is -0.338 e. The van der Waals surface area contributed by atoms with E-state index in [1.165, 1.54) is 12.5 Å². The molecule has 0 fully saturated rings. The third-order valence-corrected chi connectivity index (χ3v) is 3.05. The van der Waals surface area contributed by atoms with Gasteiger partial charge in [-0.15, -0.1) is 0 Å². The van der Waals surface area contributed by atoms with Crippen LogP contribution in [0.3, 0.4) is 0 Å². The van der Waals surface area contributed by atoms with Crippen LogP contribution in [0.25, 0.3) is 0 Å². The van der Waals surface area contributed by atoms with Gasteiger partial charge in [0.05, 0.1) is 0 Å². The highest BCUT2D eigenvalue weighted by atomic mass is 16.1. The molecule has 0 aliphatic heterocycles. The second kappa shape index (κ2) is 6.86. The third kappa shape index (κ3) is 4.20. The number of carbonyl (C=O) groups excluding carboxylic acids is 1. The van der Waals surface area contributed by atoms with Crippen LogP contribution in [-0.4, -0.2) is 22.0 Å². The number of amides is 1. The van der Waals surface area contributed by atoms with Crippen LogP contribution >= 0.6 is 0 Å². The monoisotopic (exact) mass is 272 g/mol. The molecule has 0 atom stereocenters. The normalized spacial score (nSPS) is 10.5. The van der Waals surface area contributed by atoms with E-state index in [1.54, 1.807) is 0 Å². The Balaban J connectivity index is 1.74. The SMILES string of the molecule is CC(=O)Nc1ccc(CNCCc2nccn2C)cc1. The first kappa shape index (κ1) is 14.3. The van der Waals surface area contributed by atoms with Gasteiger partial charge in [0, 0.05) is 51.6 Å². The summed E-state index contributed by atoms with van der Waals surface area (Å²) in [5.41, 5.74) is 2.02. The molecular formula is C15H20N4O. The molecule has 2 aromatic rings. The van der Waals surface area contributed by atoms with Crippen molar-refractivity contribution in [3.8, 4) is 0 Å². The van der Waals surface area contributed by atoms with Gasteiger partial charge in [-0.05, 0) is 17.7 Å². The van der Waals surface area contributed by atoms with Crippen LogP contribution in [0.15, 0.2) is 36.7 Å². The predicted octanol–water partition coefficient (Wildman–Crippen LogP) is 1.71. The molecule has 5 heteroatoms. The summed E-state index contributed by atoms with van der Waals surface area (Å²) in [6.07, 6.45) is 4.68. The van der Waals surface area contributed by atoms with E-state index in [1.807, 2.05) is 48.3 Å². The molecule has 1 heterocycles. The van der Waals surface area contributed by atoms with E-state index in [0.717, 1.165) is 31.0 Å². The average molecular weight is 272 g/mol. The standard InChI is InChI=1S/C15H20N4O/c1-12(20)18-14-5-3-13(4-6-14)11-16-8-7-15-17-9-10-19(15)2/h3-6,9-10,16H,7-8,11H2,1-2H3,(H,18,20). The van der Waals surface area contributed by atoms with Crippen molar-refractivity contribution in [3.63, 3.8) is 0 Å². The van der Waals surface area contributed by atoms with Gasteiger partial charge >= 0.3 is 0 Å². The molecule has 0 unspecified atom stereocenters. The van der Waals surface area contributed by atoms with Crippen LogP contribution in [0.1, 0.15) is 18.3 Å². The number of imidazole rings is 1. The molecular weight excluding hydrogens is 252 g/mol. The lowest BCUT2D eigenvalue weighted by Gasteiger charge is -2.07. The number of hydrogen-bond acceptors (Lipinski definition) is 3. The lowest BCUT2D eigenvalue weighted by molar-refractivity contribution is -0.114. The molecule has 0 spiro atoms. The van der Waals surface area contributed by atoms with Gasteiger partial charge in [-0.2, -0.15) is 0 Å². The molecule has 0 aliphatic carbocycles. The van der Waals surface area contributed by atoms with Crippen molar-refractivity contribution < 1.29 is 4.79 Å². The molecule has 0 aliphatic rings. The summed E-state index contributed by atoms with van der Waals surface area (Å²) in [6.45, 7) is 3.20. The van der Waals surface area contributed by atoms with Gasteiger partial charge in [0.15, 0.2) is 0 Å². The van der Waals surface area contributed by atoms with Crippen molar-refractivity contribution in [2.75, 3.05) is 11.9 Å². The fourth-order valence-corrected chi connectivity index (χ4v) is 1.98. The zero-order chi connectivity index (χ0) is 14.4. The summed E-state index contributed by atoms with van der Waals surface area (Å²) in [5.74, 6) is 1.03. The average Bonchev–Trinajstić information content (AvgIpc) is 2.82. The predicted molar refractivity (Wildman–Crippen MR) is 79.4 cm³/mol. The van der Waals surface area contributed by atoms with Crippen LogP contribution in [0.2, 0.25) is 0 Å². The highest BCUT2D eigenvalue weighted by molar-refractivity contribution is 5.88. The Bertz CT molecular complexity index is 560. The Kier molecular flexibility index (Phi) is 4.90. The highest BCUT2D eigenvalue weighted by Gasteiger charge is 1.99. The van der Waals surface area contributed by atoms with Crippen LogP contribution in [0.4, 0.5) is 5.69 Å². The second-order valence-electron chi connectivity index (χ2n) is 4.76. The zero-order valence-corrected chi connectivity index (χ0v) is 11.9. The van der Waals surface area contributed by atoms with Crippen LogP contribution in [0.5, 0.6) is 0 Å². The van der Waals surface area contributed by atoms with Crippen molar-refractivity contribution >= 4 is 11.6 Å². The Morgan fingerprint density at radius 1 is 1.30 bits per heavy atom. The van der Waals surface area contributed by atoms with Crippen LogP contribution in [-0.2, 0) is 24.8 Å². The Morgan fingerprint density at radius 3 is 2.65 bits per heavy atom. The van der Waals surface area contributed by atoms with Crippen LogP contribution in [0, 0.1) is 0 Å². The number of benzene rings is 1. The Morgan fingerprint density at radius 2 is 2.05 bits per heavy atom. The van der Waals surface area contributed by atoms with E-state index in [2.05, 4.69) is 15.6 Å². The van der Waals surface area contributed by atoms with Crippen molar-refractivity contribution in [3.05, 3.63) is 48.0 Å². The molecule has 20 heavy (non-hydrogen) atoms. The number of nitrogens with one attached hydrogen (secondary N) is 2. The van der Waals surface area contributed by atoms with Crippen molar-refractivity contribution in [2.24, 2.45) is 7.05 Å². The van der Waals surface area contributed by atoms with E-state index < -0.39 is 0 Å². The lowest BCUT2D eigenvalue weighted by Crippen LogP contribution is -2.18. The van der Waals surface area contributed by atoms with Crippen molar-refractivity contribution in [2.45, 2.75) is 19.9 Å². The van der Waals surface area contributed by atoms with Gasteiger partial charge in [-0.3, -0.25) is 4.79 Å². The summed E-state index contributed by atoms with van der Waals surface area (Å²) in [6, 6.07) is 7.85. The Hall–Kier alpha value is -2.14. The van der Waals surface area contributed by atoms with E-state index in [9.17, 15) is 4.79 Å². The minimum atomic E-state index is -0.0501. The summed E-state index contributed by atoms with van der Waals surface area (Å²) in [7, 11) is 2.00. The van der Waals surface area contributed by atoms with Gasteiger partial charge in [-0.25, -0.2) is 4.98 Å². The Labute approximate surface area is 119 Å². The number of carbonyl (C=O) groups is 1. The summed E-state index contributed by atoms with van der Waals surface area (Å²) >= 11 is 0. The smallest absolute Gasteiger partial charge is 0.221 e. The largest absolute Gasteiger partial charge is 0.338 e. The second-order valence-corrected chi connectivity index (χ2v) is 4.76. The van der Waals surface area contributed by atoms with Gasteiger partial charge in [0.2, 0.25) is 5.91 Å². The molecule has 5 nitrogen and oxygen atoms in total. The topological polar surface area (TPSA) is 59.0 Å². The fourth-order valence-electron chi connectivity index (χ4n) is 1.98. The molecule has 1 aromatic heterocycles. The van der Waals surface area contributed by atoms with E-state index in [-0.39, 0.29) is 5.91 Å². The number of hydrogen-bond donors (Lipinski definition) is 2. The van der Waals surface area contributed by atoms with E-state index in [4.69, 9.17) is 0 Å². The molecule has 1 aromatic carbocycles. The first-order valence-corrected chi connectivity index (χ1v) is 6.68. The van der Waals surface area contributed by atoms with Gasteiger partial charge < -0.3 is 15.2 Å². The first-order chi connectivity index (χ1) is 9.65. The molecule has 1 amide bonds. The molecule has 106 valence electrons. The van der Waals surface area contributed by atoms with E-state index in [0.29, 0.717) is 0 Å². The number of nitrogens with zero attached hydrogens (tertiary/aromatic N) is 2. The maximum atomic E-state index is 10.9. The quantitative estimate of drug-likeness (QED) is 0.787. The van der Waals surface area contributed by atoms with E-state index >= 15 is 0 Å². The molecule has 0 bridgehead atoms. The summed E-state index contributed by atoms with van der Waals surface area (Å²) < 4.78 is 2.03. The molecule has 0 saturated heterocycles. The van der Waals surface area contributed by atoms with Gasteiger partial charge in [0.25, 0.3) is 0 Å². The zero-order valence-electron chi connectivity index (χ0n) is 11.9. The maximum Gasteiger partial charge on any atom is 0.221 e. The number of anilines is 1. The number of rotatable bonds is 6. The first-order valence-electron chi connectivity index (χ1n) is 6.68. The molecule has 0 saturated carbocycles.